The van der Waals surface area contributed by atoms with Gasteiger partial charge < -0.3 is 9.50 Å². The van der Waals surface area contributed by atoms with Gasteiger partial charge in [0.15, 0.2) is 0 Å². The number of halogens is 3. The Labute approximate surface area is 191 Å². The Morgan fingerprint density at radius 2 is 1.85 bits per heavy atom. The second-order valence-corrected chi connectivity index (χ2v) is 9.22. The van der Waals surface area contributed by atoms with Crippen LogP contribution in [0.25, 0.3) is 6.08 Å². The molecule has 1 heterocycles. The highest BCUT2D eigenvalue weighted by atomic mass is 32.2. The zero-order valence-electron chi connectivity index (χ0n) is 17.8. The van der Waals surface area contributed by atoms with Gasteiger partial charge in [0, 0.05) is 25.7 Å². The van der Waals surface area contributed by atoms with Crippen molar-refractivity contribution < 1.29 is 30.6 Å². The van der Waals surface area contributed by atoms with E-state index in [0.29, 0.717) is 19.5 Å². The standard InChI is InChI=1S/C23H25F3N2O4S/c24-23(25,26)33(30,31)32-21-10-9-19-12-15-28(17-20(19)16-21)14-5-4-13-27-22(29)11-8-18-6-2-1-3-7-18/h1-3,6-11,16H,4-5,12-15,17H2,(H,27,29). The number of hydrogen-bond acceptors (Lipinski definition) is 5. The summed E-state index contributed by atoms with van der Waals surface area (Å²) in [7, 11) is -5.69. The van der Waals surface area contributed by atoms with Crippen molar-refractivity contribution in [1.82, 2.24) is 10.2 Å². The van der Waals surface area contributed by atoms with Crippen LogP contribution in [0.5, 0.6) is 5.75 Å². The van der Waals surface area contributed by atoms with E-state index >= 15 is 0 Å². The number of benzene rings is 2. The number of nitrogens with one attached hydrogen (secondary N) is 1. The van der Waals surface area contributed by atoms with E-state index in [0.717, 1.165) is 42.6 Å². The zero-order chi connectivity index (χ0) is 23.9. The van der Waals surface area contributed by atoms with Gasteiger partial charge in [-0.1, -0.05) is 36.4 Å². The summed E-state index contributed by atoms with van der Waals surface area (Å²) in [5, 5.41) is 2.84. The van der Waals surface area contributed by atoms with E-state index < -0.39 is 15.6 Å². The average Bonchev–Trinajstić information content (AvgIpc) is 2.77. The van der Waals surface area contributed by atoms with Gasteiger partial charge in [-0.05, 0) is 60.7 Å². The molecule has 1 aliphatic rings. The summed E-state index contributed by atoms with van der Waals surface area (Å²) in [6.45, 7) is 2.57. The number of fused-ring (bicyclic) bond motifs is 1. The fraction of sp³-hybridized carbons (Fsp3) is 0.348. The van der Waals surface area contributed by atoms with Crippen LogP contribution in [0.4, 0.5) is 13.2 Å². The van der Waals surface area contributed by atoms with Crippen molar-refractivity contribution in [2.45, 2.75) is 31.3 Å². The summed E-state index contributed by atoms with van der Waals surface area (Å²) in [6.07, 6.45) is 5.56. The fourth-order valence-electron chi connectivity index (χ4n) is 3.48. The first kappa shape index (κ1) is 24.8. The van der Waals surface area contributed by atoms with Gasteiger partial charge in [0.2, 0.25) is 5.91 Å². The van der Waals surface area contributed by atoms with Gasteiger partial charge in [0.25, 0.3) is 0 Å². The number of amides is 1. The minimum absolute atomic E-state index is 0.160. The van der Waals surface area contributed by atoms with E-state index in [1.54, 1.807) is 12.1 Å². The average molecular weight is 483 g/mol. The Morgan fingerprint density at radius 1 is 1.09 bits per heavy atom. The molecule has 0 saturated carbocycles. The highest BCUT2D eigenvalue weighted by Gasteiger charge is 2.48. The molecule has 3 rings (SSSR count). The first-order valence-corrected chi connectivity index (χ1v) is 11.9. The van der Waals surface area contributed by atoms with E-state index in [1.165, 1.54) is 18.2 Å². The molecule has 1 aliphatic heterocycles. The van der Waals surface area contributed by atoms with E-state index in [1.807, 2.05) is 30.3 Å². The van der Waals surface area contributed by atoms with Crippen LogP contribution < -0.4 is 9.50 Å². The third kappa shape index (κ3) is 7.33. The lowest BCUT2D eigenvalue weighted by molar-refractivity contribution is -0.116. The van der Waals surface area contributed by atoms with Crippen LogP contribution in [0.15, 0.2) is 54.6 Å². The predicted octanol–water partition coefficient (Wildman–Crippen LogP) is 3.88. The number of unbranched alkanes of at least 4 members (excludes halogenated alkanes) is 1. The van der Waals surface area contributed by atoms with Gasteiger partial charge in [-0.2, -0.15) is 21.6 Å². The van der Waals surface area contributed by atoms with E-state index in [-0.39, 0.29) is 11.7 Å². The molecule has 0 radical (unpaired) electrons. The Bertz CT molecular complexity index is 1090. The molecule has 0 fully saturated rings. The number of rotatable bonds is 9. The zero-order valence-corrected chi connectivity index (χ0v) is 18.7. The van der Waals surface area contributed by atoms with Crippen LogP contribution in [-0.4, -0.2) is 44.4 Å². The minimum Gasteiger partial charge on any atom is -0.376 e. The van der Waals surface area contributed by atoms with Crippen molar-refractivity contribution >= 4 is 22.1 Å². The summed E-state index contributed by atoms with van der Waals surface area (Å²) in [4.78, 5) is 14.0. The maximum Gasteiger partial charge on any atom is 0.534 e. The molecule has 178 valence electrons. The molecular weight excluding hydrogens is 457 g/mol. The molecule has 0 atom stereocenters. The van der Waals surface area contributed by atoms with Gasteiger partial charge >= 0.3 is 15.6 Å². The number of carbonyl (C=O) groups is 1. The normalized spacial score (nSPS) is 14.8. The van der Waals surface area contributed by atoms with Crippen molar-refractivity contribution in [1.29, 1.82) is 0 Å². The molecule has 0 aromatic heterocycles. The van der Waals surface area contributed by atoms with Gasteiger partial charge in [0.1, 0.15) is 5.75 Å². The molecule has 0 aliphatic carbocycles. The van der Waals surface area contributed by atoms with Crippen molar-refractivity contribution in [2.24, 2.45) is 0 Å². The lowest BCUT2D eigenvalue weighted by atomic mass is 9.99. The maximum absolute atomic E-state index is 12.5. The molecule has 0 unspecified atom stereocenters. The molecule has 33 heavy (non-hydrogen) atoms. The number of hydrogen-bond donors (Lipinski definition) is 1. The molecule has 1 N–H and O–H groups in total. The molecule has 0 bridgehead atoms. The smallest absolute Gasteiger partial charge is 0.376 e. The molecule has 6 nitrogen and oxygen atoms in total. The third-order valence-electron chi connectivity index (χ3n) is 5.19. The minimum atomic E-state index is -5.69. The SMILES string of the molecule is O=C(C=Cc1ccccc1)NCCCCN1CCc2ccc(OS(=O)(=O)C(F)(F)F)cc2C1. The molecule has 1 amide bonds. The molecule has 2 aromatic carbocycles. The molecule has 0 spiro atoms. The van der Waals surface area contributed by atoms with Crippen LogP contribution in [-0.2, 0) is 27.9 Å². The number of nitrogens with zero attached hydrogens (tertiary/aromatic N) is 1. The molecule has 10 heteroatoms. The van der Waals surface area contributed by atoms with Crippen molar-refractivity contribution in [2.75, 3.05) is 19.6 Å². The summed E-state index contributed by atoms with van der Waals surface area (Å²) >= 11 is 0. The van der Waals surface area contributed by atoms with E-state index in [4.69, 9.17) is 0 Å². The summed E-state index contributed by atoms with van der Waals surface area (Å²) in [5.41, 5.74) is -2.82. The Hall–Kier alpha value is -2.85. The highest BCUT2D eigenvalue weighted by molar-refractivity contribution is 7.88. The molecule has 0 saturated heterocycles. The largest absolute Gasteiger partial charge is 0.534 e. The summed E-state index contributed by atoms with van der Waals surface area (Å²) in [6, 6.07) is 13.7. The fourth-order valence-corrected chi connectivity index (χ4v) is 3.93. The number of carbonyl (C=O) groups excluding carboxylic acids is 1. The lowest BCUT2D eigenvalue weighted by Gasteiger charge is -2.29. The predicted molar refractivity (Wildman–Crippen MR) is 119 cm³/mol. The lowest BCUT2D eigenvalue weighted by Crippen LogP contribution is -2.32. The first-order valence-electron chi connectivity index (χ1n) is 10.5. The van der Waals surface area contributed by atoms with Crippen LogP contribution in [0.3, 0.4) is 0 Å². The summed E-state index contributed by atoms with van der Waals surface area (Å²) in [5.74, 6) is -0.508. The van der Waals surface area contributed by atoms with Crippen LogP contribution in [0.1, 0.15) is 29.5 Å². The highest BCUT2D eigenvalue weighted by Crippen LogP contribution is 2.29. The van der Waals surface area contributed by atoms with Gasteiger partial charge in [-0.15, -0.1) is 0 Å². The van der Waals surface area contributed by atoms with Crippen LogP contribution >= 0.6 is 0 Å². The van der Waals surface area contributed by atoms with Crippen molar-refractivity contribution in [3.63, 3.8) is 0 Å². The number of alkyl halides is 3. The van der Waals surface area contributed by atoms with Crippen molar-refractivity contribution in [3.8, 4) is 5.75 Å². The van der Waals surface area contributed by atoms with Crippen molar-refractivity contribution in [3.05, 3.63) is 71.3 Å². The maximum atomic E-state index is 12.5. The van der Waals surface area contributed by atoms with E-state index in [9.17, 15) is 26.4 Å². The first-order chi connectivity index (χ1) is 15.6. The molecular formula is C23H25F3N2O4S. The summed E-state index contributed by atoms with van der Waals surface area (Å²) < 4.78 is 64.3. The van der Waals surface area contributed by atoms with Crippen LogP contribution in [0.2, 0.25) is 0 Å². The molecule has 2 aromatic rings. The topological polar surface area (TPSA) is 75.7 Å². The van der Waals surface area contributed by atoms with Gasteiger partial charge in [-0.25, -0.2) is 0 Å². The Kier molecular flexibility index (Phi) is 8.15. The Balaban J connectivity index is 1.42. The monoisotopic (exact) mass is 482 g/mol. The second kappa shape index (κ2) is 10.8. The quantitative estimate of drug-likeness (QED) is 0.254. The van der Waals surface area contributed by atoms with Gasteiger partial charge in [0.05, 0.1) is 0 Å². The third-order valence-corrected chi connectivity index (χ3v) is 6.16. The van der Waals surface area contributed by atoms with Gasteiger partial charge in [-0.3, -0.25) is 9.69 Å². The van der Waals surface area contributed by atoms with E-state index in [2.05, 4.69) is 14.4 Å². The second-order valence-electron chi connectivity index (χ2n) is 7.68. The Morgan fingerprint density at radius 3 is 2.58 bits per heavy atom. The van der Waals surface area contributed by atoms with Crippen LogP contribution in [0, 0.1) is 0 Å².